The van der Waals surface area contributed by atoms with Gasteiger partial charge in [-0.3, -0.25) is 0 Å². The molecule has 30 heavy (non-hydrogen) atoms. The van der Waals surface area contributed by atoms with E-state index in [2.05, 4.69) is 0 Å². The van der Waals surface area contributed by atoms with E-state index in [1.54, 1.807) is 25.7 Å². The zero-order valence-corrected chi connectivity index (χ0v) is 17.2. The molecule has 6 nitrogen and oxygen atoms in total. The number of rotatable bonds is 5. The zero-order valence-electron chi connectivity index (χ0n) is 17.2. The lowest BCUT2D eigenvalue weighted by Crippen LogP contribution is -2.42. The number of carbonyl (C=O) groups excluding carboxylic acids is 1. The minimum absolute atomic E-state index is 0.0596. The number of ether oxygens (including phenoxy) is 2. The molecule has 9 heteroatoms. The van der Waals surface area contributed by atoms with Gasteiger partial charge in [-0.2, -0.15) is 13.2 Å². The Labute approximate surface area is 173 Å². The number of alkyl halides is 3. The van der Waals surface area contributed by atoms with Crippen LogP contribution in [0.25, 0.3) is 6.08 Å². The van der Waals surface area contributed by atoms with Crippen LogP contribution >= 0.6 is 0 Å². The van der Waals surface area contributed by atoms with E-state index < -0.39 is 23.3 Å². The molecule has 0 aromatic heterocycles. The van der Waals surface area contributed by atoms with Crippen LogP contribution in [0.3, 0.4) is 0 Å². The summed E-state index contributed by atoms with van der Waals surface area (Å²) in [7, 11) is 0. The molecule has 0 saturated carbocycles. The number of amides is 1. The molecule has 1 aliphatic rings. The van der Waals surface area contributed by atoms with Gasteiger partial charge in [0.1, 0.15) is 11.4 Å². The maximum Gasteiger partial charge on any atom is 0.417 e. The van der Waals surface area contributed by atoms with Crippen LogP contribution < -0.4 is 4.74 Å². The van der Waals surface area contributed by atoms with Crippen LogP contribution in [0.15, 0.2) is 24.3 Å². The highest BCUT2D eigenvalue weighted by atomic mass is 19.4. The van der Waals surface area contributed by atoms with E-state index in [0.29, 0.717) is 32.0 Å². The normalized spacial score (nSPS) is 16.0. The summed E-state index contributed by atoms with van der Waals surface area (Å²) < 4.78 is 50.8. The fourth-order valence-corrected chi connectivity index (χ4v) is 3.00. The summed E-state index contributed by atoms with van der Waals surface area (Å²) in [5, 5.41) is 8.63. The number of hydrogen-bond donors (Lipinski definition) is 1. The van der Waals surface area contributed by atoms with Gasteiger partial charge in [0.05, 0.1) is 12.2 Å². The Balaban J connectivity index is 1.95. The van der Waals surface area contributed by atoms with Gasteiger partial charge in [0.25, 0.3) is 0 Å². The van der Waals surface area contributed by atoms with Gasteiger partial charge >= 0.3 is 18.2 Å². The number of carboxylic acid groups (broad SMARTS) is 1. The molecule has 0 aliphatic carbocycles. The minimum Gasteiger partial charge on any atom is -0.493 e. The number of piperidine rings is 1. The lowest BCUT2D eigenvalue weighted by molar-refractivity contribution is -0.138. The van der Waals surface area contributed by atoms with Crippen LogP contribution in [0.5, 0.6) is 5.75 Å². The summed E-state index contributed by atoms with van der Waals surface area (Å²) in [4.78, 5) is 24.3. The molecule has 1 fully saturated rings. The zero-order chi connectivity index (χ0) is 22.5. The molecule has 1 aliphatic heterocycles. The van der Waals surface area contributed by atoms with Crippen molar-refractivity contribution >= 4 is 18.1 Å². The summed E-state index contributed by atoms with van der Waals surface area (Å²) in [6.45, 7) is 6.60. The van der Waals surface area contributed by atoms with Crippen LogP contribution in [-0.4, -0.2) is 47.4 Å². The lowest BCUT2D eigenvalue weighted by atomic mass is 9.98. The number of carboxylic acids is 1. The first-order chi connectivity index (χ1) is 13.8. The quantitative estimate of drug-likeness (QED) is 0.679. The molecular formula is C21H26F3NO5. The van der Waals surface area contributed by atoms with Crippen molar-refractivity contribution in [2.45, 2.75) is 45.4 Å². The third kappa shape index (κ3) is 7.27. The van der Waals surface area contributed by atoms with Crippen molar-refractivity contribution in [2.24, 2.45) is 5.92 Å². The molecule has 2 rings (SSSR count). The highest BCUT2D eigenvalue weighted by Gasteiger charge is 2.33. The average molecular weight is 429 g/mol. The van der Waals surface area contributed by atoms with Crippen molar-refractivity contribution in [2.75, 3.05) is 19.7 Å². The largest absolute Gasteiger partial charge is 0.493 e. The second kappa shape index (κ2) is 9.40. The molecule has 166 valence electrons. The Bertz CT molecular complexity index is 791. The summed E-state index contributed by atoms with van der Waals surface area (Å²) in [5.74, 6) is -1.17. The first-order valence-corrected chi connectivity index (χ1v) is 9.58. The monoisotopic (exact) mass is 429 g/mol. The highest BCUT2D eigenvalue weighted by molar-refractivity contribution is 5.85. The summed E-state index contributed by atoms with van der Waals surface area (Å²) in [6, 6.07) is 3.44. The molecule has 1 aromatic carbocycles. The Morgan fingerprint density at radius 1 is 1.20 bits per heavy atom. The number of aliphatic carboxylic acids is 1. The Hall–Kier alpha value is -2.71. The minimum atomic E-state index is -4.64. The molecule has 1 saturated heterocycles. The predicted molar refractivity (Wildman–Crippen MR) is 104 cm³/mol. The van der Waals surface area contributed by atoms with Crippen LogP contribution in [-0.2, 0) is 15.7 Å². The number of benzene rings is 1. The third-order valence-corrected chi connectivity index (χ3v) is 4.49. The van der Waals surface area contributed by atoms with Crippen LogP contribution in [0.2, 0.25) is 0 Å². The van der Waals surface area contributed by atoms with E-state index in [-0.39, 0.29) is 29.9 Å². The van der Waals surface area contributed by atoms with Crippen molar-refractivity contribution < 1.29 is 37.3 Å². The van der Waals surface area contributed by atoms with E-state index in [4.69, 9.17) is 14.6 Å². The predicted octanol–water partition coefficient (Wildman–Crippen LogP) is 4.83. The van der Waals surface area contributed by atoms with Crippen LogP contribution in [0.1, 0.15) is 44.7 Å². The van der Waals surface area contributed by atoms with Gasteiger partial charge in [0, 0.05) is 19.2 Å². The van der Waals surface area contributed by atoms with Gasteiger partial charge < -0.3 is 19.5 Å². The van der Waals surface area contributed by atoms with E-state index in [1.807, 2.05) is 0 Å². The van der Waals surface area contributed by atoms with Crippen molar-refractivity contribution in [3.63, 3.8) is 0 Å². The average Bonchev–Trinajstić information content (AvgIpc) is 2.63. The second-order valence-corrected chi connectivity index (χ2v) is 8.14. The standard InChI is InChI=1S/C21H26F3NO5/c1-20(2,3)30-19(28)25-10-8-14(9-11-25)13-29-16-6-4-15(5-7-18(26)27)17(12-16)21(22,23)24/h4-7,12,14H,8-11,13H2,1-3H3,(H,26,27)/b7-5+. The third-order valence-electron chi connectivity index (χ3n) is 4.49. The Kier molecular flexibility index (Phi) is 7.39. The van der Waals surface area contributed by atoms with Gasteiger partial charge in [-0.15, -0.1) is 0 Å². The summed E-state index contributed by atoms with van der Waals surface area (Å²) >= 11 is 0. The Morgan fingerprint density at radius 2 is 1.83 bits per heavy atom. The first-order valence-electron chi connectivity index (χ1n) is 9.58. The van der Waals surface area contributed by atoms with Gasteiger partial charge in [0.2, 0.25) is 0 Å². The maximum atomic E-state index is 13.3. The molecule has 0 spiro atoms. The van der Waals surface area contributed by atoms with E-state index >= 15 is 0 Å². The van der Waals surface area contributed by atoms with Crippen LogP contribution in [0.4, 0.5) is 18.0 Å². The van der Waals surface area contributed by atoms with Crippen LogP contribution in [0, 0.1) is 5.92 Å². The molecular weight excluding hydrogens is 403 g/mol. The SMILES string of the molecule is CC(C)(C)OC(=O)N1CCC(COc2ccc(/C=C/C(=O)O)c(C(F)(F)F)c2)CC1. The van der Waals surface area contributed by atoms with E-state index in [1.165, 1.54) is 12.1 Å². The van der Waals surface area contributed by atoms with Gasteiger partial charge in [0.15, 0.2) is 0 Å². The van der Waals surface area contributed by atoms with Crippen molar-refractivity contribution in [3.8, 4) is 5.75 Å². The fraction of sp³-hybridized carbons (Fsp3) is 0.524. The number of nitrogens with zero attached hydrogens (tertiary/aromatic N) is 1. The fourth-order valence-electron chi connectivity index (χ4n) is 3.00. The molecule has 1 aromatic rings. The molecule has 1 N–H and O–H groups in total. The van der Waals surface area contributed by atoms with Crippen molar-refractivity contribution in [1.82, 2.24) is 4.90 Å². The molecule has 1 heterocycles. The topological polar surface area (TPSA) is 76.1 Å². The maximum absolute atomic E-state index is 13.3. The smallest absolute Gasteiger partial charge is 0.417 e. The van der Waals surface area contributed by atoms with Crippen molar-refractivity contribution in [1.29, 1.82) is 0 Å². The lowest BCUT2D eigenvalue weighted by Gasteiger charge is -2.33. The Morgan fingerprint density at radius 3 is 2.37 bits per heavy atom. The van der Waals surface area contributed by atoms with Crippen molar-refractivity contribution in [3.05, 3.63) is 35.4 Å². The molecule has 0 atom stereocenters. The summed E-state index contributed by atoms with van der Waals surface area (Å²) in [6.07, 6.45) is -2.14. The number of likely N-dealkylation sites (tertiary alicyclic amines) is 1. The second-order valence-electron chi connectivity index (χ2n) is 8.14. The van der Waals surface area contributed by atoms with E-state index in [0.717, 1.165) is 12.1 Å². The molecule has 1 amide bonds. The molecule has 0 bridgehead atoms. The van der Waals surface area contributed by atoms with Gasteiger partial charge in [-0.05, 0) is 63.3 Å². The summed E-state index contributed by atoms with van der Waals surface area (Å²) in [5.41, 5.74) is -1.78. The number of carbonyl (C=O) groups is 2. The molecule has 0 radical (unpaired) electrons. The number of hydrogen-bond acceptors (Lipinski definition) is 4. The number of halogens is 3. The van der Waals surface area contributed by atoms with Gasteiger partial charge in [-0.1, -0.05) is 6.07 Å². The first kappa shape index (κ1) is 23.6. The molecule has 0 unspecified atom stereocenters. The highest BCUT2D eigenvalue weighted by Crippen LogP contribution is 2.35. The van der Waals surface area contributed by atoms with E-state index in [9.17, 15) is 22.8 Å². The van der Waals surface area contributed by atoms with Gasteiger partial charge in [-0.25, -0.2) is 9.59 Å².